The highest BCUT2D eigenvalue weighted by Gasteiger charge is 2.16. The summed E-state index contributed by atoms with van der Waals surface area (Å²) in [5.41, 5.74) is 1.26. The Morgan fingerprint density at radius 1 is 1.40 bits per heavy atom. The molecular weight excluding hydrogens is 272 g/mol. The zero-order valence-corrected chi connectivity index (χ0v) is 12.7. The fourth-order valence-electron chi connectivity index (χ4n) is 2.06. The molecule has 1 aliphatic heterocycles. The normalized spacial score (nSPS) is 15.3. The molecule has 0 atom stereocenters. The first-order valence-corrected chi connectivity index (χ1v) is 8.06. The zero-order chi connectivity index (χ0) is 14.2. The average molecular weight is 294 g/mol. The van der Waals surface area contributed by atoms with E-state index >= 15 is 0 Å². The van der Waals surface area contributed by atoms with Gasteiger partial charge in [0.05, 0.1) is 19.0 Å². The Kier molecular flexibility index (Phi) is 6.36. The number of carbonyl (C=O) groups excluding carboxylic acids is 1. The monoisotopic (exact) mass is 294 g/mol. The third-order valence-electron chi connectivity index (χ3n) is 3.20. The Labute approximate surface area is 124 Å². The van der Waals surface area contributed by atoms with Crippen molar-refractivity contribution in [2.45, 2.75) is 18.4 Å². The lowest BCUT2D eigenvalue weighted by atomic mass is 10.2. The van der Waals surface area contributed by atoms with E-state index in [-0.39, 0.29) is 5.91 Å². The smallest absolute Gasteiger partial charge is 0.233 e. The molecule has 0 aliphatic carbocycles. The largest absolute Gasteiger partial charge is 0.378 e. The van der Waals surface area contributed by atoms with Crippen LogP contribution in [0.1, 0.15) is 12.5 Å². The van der Waals surface area contributed by atoms with Crippen LogP contribution in [0.3, 0.4) is 0 Å². The topological polar surface area (TPSA) is 41.6 Å². The molecule has 0 unspecified atom stereocenters. The fraction of sp³-hybridized carbons (Fsp3) is 0.533. The Hall–Kier alpha value is -1.04. The van der Waals surface area contributed by atoms with Gasteiger partial charge in [-0.15, -0.1) is 11.8 Å². The zero-order valence-electron chi connectivity index (χ0n) is 11.9. The van der Waals surface area contributed by atoms with E-state index in [1.807, 2.05) is 11.0 Å². The van der Waals surface area contributed by atoms with Gasteiger partial charge in [0.2, 0.25) is 5.91 Å². The van der Waals surface area contributed by atoms with E-state index in [1.165, 1.54) is 5.56 Å². The summed E-state index contributed by atoms with van der Waals surface area (Å²) in [5, 5.41) is 3.31. The second kappa shape index (κ2) is 8.29. The fourth-order valence-corrected chi connectivity index (χ4v) is 2.95. The van der Waals surface area contributed by atoms with Gasteiger partial charge in [-0.3, -0.25) is 4.79 Å². The van der Waals surface area contributed by atoms with Crippen molar-refractivity contribution < 1.29 is 9.53 Å². The third-order valence-corrected chi connectivity index (χ3v) is 4.18. The quantitative estimate of drug-likeness (QED) is 0.812. The van der Waals surface area contributed by atoms with Crippen molar-refractivity contribution >= 4 is 17.7 Å². The van der Waals surface area contributed by atoms with E-state index in [9.17, 15) is 4.79 Å². The van der Waals surface area contributed by atoms with Crippen molar-refractivity contribution in [1.29, 1.82) is 0 Å². The first-order valence-electron chi connectivity index (χ1n) is 7.07. The summed E-state index contributed by atoms with van der Waals surface area (Å²) in [5.74, 6) is 0.709. The number of morpholine rings is 1. The van der Waals surface area contributed by atoms with Gasteiger partial charge in [0, 0.05) is 24.5 Å². The maximum absolute atomic E-state index is 12.1. The molecule has 1 aromatic rings. The lowest BCUT2D eigenvalue weighted by Crippen LogP contribution is -2.41. The summed E-state index contributed by atoms with van der Waals surface area (Å²) in [6.07, 6.45) is 0. The van der Waals surface area contributed by atoms with Gasteiger partial charge in [-0.05, 0) is 24.2 Å². The first kappa shape index (κ1) is 15.4. The lowest BCUT2D eigenvalue weighted by Gasteiger charge is -2.26. The molecule has 0 radical (unpaired) electrons. The molecule has 1 heterocycles. The van der Waals surface area contributed by atoms with Crippen LogP contribution >= 0.6 is 11.8 Å². The molecular formula is C15H22N2O2S. The molecule has 110 valence electrons. The predicted octanol–water partition coefficient (Wildman–Crippen LogP) is 1.75. The number of thioether (sulfide) groups is 1. The number of ether oxygens (including phenoxy) is 1. The summed E-state index contributed by atoms with van der Waals surface area (Å²) in [6.45, 7) is 6.71. The molecule has 5 heteroatoms. The van der Waals surface area contributed by atoms with Crippen LogP contribution < -0.4 is 5.32 Å². The lowest BCUT2D eigenvalue weighted by molar-refractivity contribution is -0.132. The molecule has 0 saturated carbocycles. The van der Waals surface area contributed by atoms with Crippen molar-refractivity contribution in [2.75, 3.05) is 38.6 Å². The predicted molar refractivity (Wildman–Crippen MR) is 81.9 cm³/mol. The van der Waals surface area contributed by atoms with E-state index in [4.69, 9.17) is 4.74 Å². The molecule has 1 aliphatic rings. The van der Waals surface area contributed by atoms with Crippen LogP contribution in [0.25, 0.3) is 0 Å². The van der Waals surface area contributed by atoms with Crippen LogP contribution in [-0.2, 0) is 16.1 Å². The maximum atomic E-state index is 12.1. The Bertz CT molecular complexity index is 434. The molecule has 1 saturated heterocycles. The molecule has 0 spiro atoms. The number of amides is 1. The number of carbonyl (C=O) groups is 1. The van der Waals surface area contributed by atoms with Gasteiger partial charge in [-0.1, -0.05) is 19.1 Å². The summed E-state index contributed by atoms with van der Waals surface area (Å²) in [4.78, 5) is 15.1. The second-order valence-corrected chi connectivity index (χ2v) is 5.76. The van der Waals surface area contributed by atoms with E-state index in [1.54, 1.807) is 11.8 Å². The van der Waals surface area contributed by atoms with Gasteiger partial charge in [0.25, 0.3) is 0 Å². The van der Waals surface area contributed by atoms with Gasteiger partial charge >= 0.3 is 0 Å². The second-order valence-electron chi connectivity index (χ2n) is 4.71. The van der Waals surface area contributed by atoms with Crippen molar-refractivity contribution in [2.24, 2.45) is 0 Å². The molecule has 0 bridgehead atoms. The minimum atomic E-state index is 0.204. The van der Waals surface area contributed by atoms with E-state index in [2.05, 4.69) is 30.4 Å². The molecule has 1 fully saturated rings. The number of hydrogen-bond donors (Lipinski definition) is 1. The van der Waals surface area contributed by atoms with Crippen molar-refractivity contribution in [3.63, 3.8) is 0 Å². The van der Waals surface area contributed by atoms with E-state index < -0.39 is 0 Å². The Morgan fingerprint density at radius 2 is 2.20 bits per heavy atom. The van der Waals surface area contributed by atoms with Gasteiger partial charge < -0.3 is 15.0 Å². The summed E-state index contributed by atoms with van der Waals surface area (Å²) in [6, 6.07) is 8.37. The van der Waals surface area contributed by atoms with Crippen LogP contribution in [-0.4, -0.2) is 49.4 Å². The van der Waals surface area contributed by atoms with E-state index in [0.29, 0.717) is 19.0 Å². The number of benzene rings is 1. The number of nitrogens with zero attached hydrogens (tertiary/aromatic N) is 1. The van der Waals surface area contributed by atoms with Gasteiger partial charge in [-0.2, -0.15) is 0 Å². The van der Waals surface area contributed by atoms with Crippen LogP contribution in [0.4, 0.5) is 0 Å². The summed E-state index contributed by atoms with van der Waals surface area (Å²) in [7, 11) is 0. The molecule has 20 heavy (non-hydrogen) atoms. The third kappa shape index (κ3) is 4.81. The van der Waals surface area contributed by atoms with Crippen LogP contribution in [0.5, 0.6) is 0 Å². The molecule has 1 aromatic carbocycles. The number of nitrogens with one attached hydrogen (secondary N) is 1. The minimum absolute atomic E-state index is 0.204. The summed E-state index contributed by atoms with van der Waals surface area (Å²) >= 11 is 1.61. The number of hydrogen-bond acceptors (Lipinski definition) is 4. The van der Waals surface area contributed by atoms with Crippen molar-refractivity contribution in [3.8, 4) is 0 Å². The average Bonchev–Trinajstić information content (AvgIpc) is 2.52. The Morgan fingerprint density at radius 3 is 2.95 bits per heavy atom. The molecule has 4 nitrogen and oxygen atoms in total. The first-order chi connectivity index (χ1) is 9.79. The Balaban J connectivity index is 1.82. The minimum Gasteiger partial charge on any atom is -0.378 e. The summed E-state index contributed by atoms with van der Waals surface area (Å²) < 4.78 is 5.26. The van der Waals surface area contributed by atoms with Crippen LogP contribution in [0, 0.1) is 0 Å². The molecule has 2 rings (SSSR count). The highest BCUT2D eigenvalue weighted by atomic mass is 32.2. The highest BCUT2D eigenvalue weighted by molar-refractivity contribution is 8.00. The standard InChI is InChI=1S/C15H22N2O2S/c1-2-16-11-13-4-3-5-14(10-13)20-12-15(18)17-6-8-19-9-7-17/h3-5,10,16H,2,6-9,11-12H2,1H3. The van der Waals surface area contributed by atoms with Gasteiger partial charge in [0.15, 0.2) is 0 Å². The molecule has 1 amide bonds. The molecule has 0 aromatic heterocycles. The van der Waals surface area contributed by atoms with Crippen molar-refractivity contribution in [1.82, 2.24) is 10.2 Å². The van der Waals surface area contributed by atoms with Gasteiger partial charge in [0.1, 0.15) is 0 Å². The highest BCUT2D eigenvalue weighted by Crippen LogP contribution is 2.20. The van der Waals surface area contributed by atoms with E-state index in [0.717, 1.165) is 31.1 Å². The van der Waals surface area contributed by atoms with Crippen molar-refractivity contribution in [3.05, 3.63) is 29.8 Å². The molecule has 1 N–H and O–H groups in total. The SMILES string of the molecule is CCNCc1cccc(SCC(=O)N2CCOCC2)c1. The van der Waals surface area contributed by atoms with Crippen LogP contribution in [0.2, 0.25) is 0 Å². The number of rotatable bonds is 6. The van der Waals surface area contributed by atoms with Crippen LogP contribution in [0.15, 0.2) is 29.2 Å². The van der Waals surface area contributed by atoms with Gasteiger partial charge in [-0.25, -0.2) is 0 Å². The maximum Gasteiger partial charge on any atom is 0.233 e.